The molecule has 210 valence electrons. The lowest BCUT2D eigenvalue weighted by Crippen LogP contribution is -2.58. The zero-order chi connectivity index (χ0) is 29.2. The first-order chi connectivity index (χ1) is 17.9. The second-order valence-corrected chi connectivity index (χ2v) is 12.2. The molecule has 1 aromatic heterocycles. The number of nitrogens with one attached hydrogen (secondary N) is 3. The molecule has 0 radical (unpaired) electrons. The first kappa shape index (κ1) is 29.8. The van der Waals surface area contributed by atoms with Crippen molar-refractivity contribution >= 4 is 37.3 Å². The fourth-order valence-electron chi connectivity index (χ4n) is 3.89. The Morgan fingerprint density at radius 2 is 1.51 bits per heavy atom. The molecule has 3 rings (SSSR count). The Morgan fingerprint density at radius 3 is 2.05 bits per heavy atom. The number of aromatic nitrogens is 1. The molecular formula is C24H24F4N4O5S2. The van der Waals surface area contributed by atoms with Crippen molar-refractivity contribution in [3.63, 3.8) is 0 Å². The number of sulfonamides is 2. The average molecular weight is 589 g/mol. The van der Waals surface area contributed by atoms with Crippen LogP contribution in [0.4, 0.5) is 28.9 Å². The van der Waals surface area contributed by atoms with E-state index in [2.05, 4.69) is 9.71 Å². The van der Waals surface area contributed by atoms with Crippen LogP contribution in [0.1, 0.15) is 29.5 Å². The van der Waals surface area contributed by atoms with E-state index in [1.54, 1.807) is 0 Å². The molecule has 0 aliphatic rings. The highest BCUT2D eigenvalue weighted by Crippen LogP contribution is 2.47. The molecule has 0 saturated heterocycles. The number of benzene rings is 2. The van der Waals surface area contributed by atoms with E-state index in [1.165, 1.54) is 37.4 Å². The molecule has 2 aromatic carbocycles. The van der Waals surface area contributed by atoms with Gasteiger partial charge in [-0.05, 0) is 36.8 Å². The van der Waals surface area contributed by atoms with Gasteiger partial charge < -0.3 is 5.32 Å². The van der Waals surface area contributed by atoms with E-state index >= 15 is 13.2 Å². The van der Waals surface area contributed by atoms with E-state index in [0.717, 1.165) is 49.0 Å². The van der Waals surface area contributed by atoms with Crippen LogP contribution in [0.2, 0.25) is 0 Å². The number of amides is 1. The lowest BCUT2D eigenvalue weighted by molar-refractivity contribution is -0.190. The van der Waals surface area contributed by atoms with Crippen LogP contribution < -0.4 is 14.8 Å². The third kappa shape index (κ3) is 6.84. The summed E-state index contributed by atoms with van der Waals surface area (Å²) in [6.45, 7) is 1.23. The Kier molecular flexibility index (Phi) is 8.26. The molecule has 0 aliphatic heterocycles. The summed E-state index contributed by atoms with van der Waals surface area (Å²) in [7, 11) is -7.85. The molecular weight excluding hydrogens is 564 g/mol. The lowest BCUT2D eigenvalue weighted by Gasteiger charge is -2.39. The Balaban J connectivity index is 2.16. The third-order valence-electron chi connectivity index (χ3n) is 5.64. The molecule has 1 amide bonds. The summed E-state index contributed by atoms with van der Waals surface area (Å²) in [5, 5.41) is 2.03. The number of halogens is 4. The topological polar surface area (TPSA) is 134 Å². The van der Waals surface area contributed by atoms with Gasteiger partial charge in [-0.3, -0.25) is 19.2 Å². The quantitative estimate of drug-likeness (QED) is 0.327. The number of hydrogen-bond acceptors (Lipinski definition) is 6. The van der Waals surface area contributed by atoms with Crippen molar-refractivity contribution in [1.82, 2.24) is 10.3 Å². The number of nitrogens with zero attached hydrogens (tertiary/aromatic N) is 1. The van der Waals surface area contributed by atoms with Gasteiger partial charge in [-0.15, -0.1) is 0 Å². The summed E-state index contributed by atoms with van der Waals surface area (Å²) in [5.41, 5.74) is -5.31. The summed E-state index contributed by atoms with van der Waals surface area (Å²) in [4.78, 5) is 17.1. The minimum Gasteiger partial charge on any atom is -0.334 e. The van der Waals surface area contributed by atoms with Crippen LogP contribution in [0.3, 0.4) is 0 Å². The van der Waals surface area contributed by atoms with E-state index in [-0.39, 0.29) is 5.56 Å². The predicted molar refractivity (Wildman–Crippen MR) is 137 cm³/mol. The minimum atomic E-state index is -5.23. The molecule has 39 heavy (non-hydrogen) atoms. The normalized spacial score (nSPS) is 14.6. The van der Waals surface area contributed by atoms with Gasteiger partial charge in [0.05, 0.1) is 29.8 Å². The number of rotatable bonds is 9. The van der Waals surface area contributed by atoms with Gasteiger partial charge >= 0.3 is 6.18 Å². The third-order valence-corrected chi connectivity index (χ3v) is 6.82. The fourth-order valence-corrected chi connectivity index (χ4v) is 5.04. The maximum absolute atomic E-state index is 15.1. The average Bonchev–Trinajstić information content (AvgIpc) is 2.81. The zero-order valence-corrected chi connectivity index (χ0v) is 22.4. The molecule has 0 aliphatic carbocycles. The molecule has 2 unspecified atom stereocenters. The van der Waals surface area contributed by atoms with Crippen LogP contribution in [0.15, 0.2) is 67.0 Å². The van der Waals surface area contributed by atoms with E-state index in [1.807, 2.05) is 10.0 Å². The van der Waals surface area contributed by atoms with Crippen LogP contribution in [-0.2, 0) is 30.4 Å². The number of hydrogen-bond donors (Lipinski definition) is 3. The SMILES string of the molecule is CC(C(=O)NC(c1cccnc1)(c1ccccc1NS(C)(=O)=O)C(F)(F)F)c1ccc(NS(C)(=O)=O)c(F)c1. The largest absolute Gasteiger partial charge is 0.420 e. The van der Waals surface area contributed by atoms with Gasteiger partial charge in [0.25, 0.3) is 0 Å². The van der Waals surface area contributed by atoms with Crippen LogP contribution >= 0.6 is 0 Å². The maximum Gasteiger partial charge on any atom is 0.420 e. The van der Waals surface area contributed by atoms with Crippen molar-refractivity contribution in [3.8, 4) is 0 Å². The number of anilines is 2. The van der Waals surface area contributed by atoms with Crippen molar-refractivity contribution in [2.75, 3.05) is 22.0 Å². The van der Waals surface area contributed by atoms with Crippen molar-refractivity contribution in [2.24, 2.45) is 0 Å². The molecule has 15 heteroatoms. The molecule has 0 saturated carbocycles. The maximum atomic E-state index is 15.1. The standard InChI is InChI=1S/C24H24F4N4O5S2/c1-15(16-10-11-21(19(25)13-16)32-39(3,36)37)22(33)30-23(24(26,27)28,17-7-6-12-29-14-17)18-8-4-5-9-20(18)31-38(2,34)35/h4-15,31-32H,1-3H3,(H,30,33). The molecule has 9 nitrogen and oxygen atoms in total. The van der Waals surface area contributed by atoms with E-state index in [9.17, 15) is 26.0 Å². The highest BCUT2D eigenvalue weighted by Gasteiger charge is 2.60. The monoisotopic (exact) mass is 588 g/mol. The minimum absolute atomic E-state index is 0.0474. The summed E-state index contributed by atoms with van der Waals surface area (Å²) >= 11 is 0. The molecule has 3 aromatic rings. The van der Waals surface area contributed by atoms with Crippen molar-refractivity contribution < 1.29 is 39.2 Å². The Bertz CT molecular complexity index is 1580. The number of carbonyl (C=O) groups excluding carboxylic acids is 1. The van der Waals surface area contributed by atoms with Crippen molar-refractivity contribution in [1.29, 1.82) is 0 Å². The van der Waals surface area contributed by atoms with Crippen LogP contribution in [0.25, 0.3) is 0 Å². The van der Waals surface area contributed by atoms with Gasteiger partial charge in [0.15, 0.2) is 5.54 Å². The summed E-state index contributed by atoms with van der Waals surface area (Å²) in [6, 6.07) is 10.1. The first-order valence-corrected chi connectivity index (χ1v) is 14.9. The van der Waals surface area contributed by atoms with Crippen molar-refractivity contribution in [2.45, 2.75) is 24.6 Å². The first-order valence-electron chi connectivity index (χ1n) is 11.1. The summed E-state index contributed by atoms with van der Waals surface area (Å²) < 4.78 is 111. The molecule has 0 spiro atoms. The second-order valence-electron chi connectivity index (χ2n) is 8.73. The Labute approximate surface area is 222 Å². The van der Waals surface area contributed by atoms with Gasteiger partial charge in [-0.25, -0.2) is 21.2 Å². The Hall–Kier alpha value is -3.72. The number of alkyl halides is 3. The van der Waals surface area contributed by atoms with E-state index in [0.29, 0.717) is 0 Å². The van der Waals surface area contributed by atoms with E-state index in [4.69, 9.17) is 0 Å². The van der Waals surface area contributed by atoms with Crippen LogP contribution in [0, 0.1) is 5.82 Å². The molecule has 0 bridgehead atoms. The van der Waals surface area contributed by atoms with Gasteiger partial charge in [0, 0.05) is 23.5 Å². The Morgan fingerprint density at radius 1 is 0.897 bits per heavy atom. The second kappa shape index (κ2) is 10.8. The van der Waals surface area contributed by atoms with Crippen LogP contribution in [-0.4, -0.2) is 46.4 Å². The smallest absolute Gasteiger partial charge is 0.334 e. The predicted octanol–water partition coefficient (Wildman–Crippen LogP) is 3.69. The number of carbonyl (C=O) groups is 1. The van der Waals surface area contributed by atoms with Crippen LogP contribution in [0.5, 0.6) is 0 Å². The number of pyridine rings is 1. The van der Waals surface area contributed by atoms with Crippen molar-refractivity contribution in [3.05, 3.63) is 89.5 Å². The zero-order valence-electron chi connectivity index (χ0n) is 20.7. The van der Waals surface area contributed by atoms with Gasteiger partial charge in [0.2, 0.25) is 26.0 Å². The summed E-state index contributed by atoms with van der Waals surface area (Å²) in [6.07, 6.45) is -1.54. The van der Waals surface area contributed by atoms with E-state index < -0.39 is 71.9 Å². The van der Waals surface area contributed by atoms with Gasteiger partial charge in [-0.1, -0.05) is 30.3 Å². The highest BCUT2D eigenvalue weighted by molar-refractivity contribution is 7.92. The molecule has 0 fully saturated rings. The molecule has 1 heterocycles. The lowest BCUT2D eigenvalue weighted by atomic mass is 9.81. The summed E-state index contributed by atoms with van der Waals surface area (Å²) in [5.74, 6) is -3.59. The highest BCUT2D eigenvalue weighted by atomic mass is 32.2. The fraction of sp³-hybridized carbons (Fsp3) is 0.250. The number of para-hydroxylation sites is 1. The van der Waals surface area contributed by atoms with Gasteiger partial charge in [0.1, 0.15) is 5.82 Å². The molecule has 2 atom stereocenters. The van der Waals surface area contributed by atoms with Gasteiger partial charge in [-0.2, -0.15) is 13.2 Å². The molecule has 3 N–H and O–H groups in total.